The lowest BCUT2D eigenvalue weighted by Gasteiger charge is -2.31. The number of halogens is 2. The largest absolute Gasteiger partial charge is 0.382 e. The molecule has 0 aliphatic carbocycles. The van der Waals surface area contributed by atoms with Crippen LogP contribution in [0.5, 0.6) is 0 Å². The van der Waals surface area contributed by atoms with E-state index < -0.39 is 11.4 Å². The quantitative estimate of drug-likeness (QED) is 0.616. The first-order valence-corrected chi connectivity index (χ1v) is 8.19. The molecule has 0 heterocycles. The first kappa shape index (κ1) is 23.8. The number of benzene rings is 1. The SMILES string of the molecule is COCCOCc1cc(C(=O)NC(C)(CN)CC(C)C)ccc1F.Cl. The summed E-state index contributed by atoms with van der Waals surface area (Å²) < 4.78 is 24.1. The van der Waals surface area contributed by atoms with Gasteiger partial charge in [-0.2, -0.15) is 0 Å². The van der Waals surface area contributed by atoms with Crippen molar-refractivity contribution in [1.82, 2.24) is 5.32 Å². The van der Waals surface area contributed by atoms with E-state index in [-0.39, 0.29) is 24.9 Å². The molecule has 1 amide bonds. The van der Waals surface area contributed by atoms with Crippen LogP contribution in [0.25, 0.3) is 0 Å². The second kappa shape index (κ2) is 11.4. The molecule has 0 radical (unpaired) electrons. The smallest absolute Gasteiger partial charge is 0.251 e. The van der Waals surface area contributed by atoms with Crippen molar-refractivity contribution in [3.8, 4) is 0 Å². The second-order valence-electron chi connectivity index (χ2n) is 6.67. The van der Waals surface area contributed by atoms with Crippen molar-refractivity contribution in [2.75, 3.05) is 26.9 Å². The van der Waals surface area contributed by atoms with E-state index in [4.69, 9.17) is 15.2 Å². The van der Waals surface area contributed by atoms with Crippen molar-refractivity contribution >= 4 is 18.3 Å². The van der Waals surface area contributed by atoms with Crippen molar-refractivity contribution < 1.29 is 18.7 Å². The van der Waals surface area contributed by atoms with Gasteiger partial charge < -0.3 is 20.5 Å². The van der Waals surface area contributed by atoms with E-state index in [1.54, 1.807) is 7.11 Å². The lowest BCUT2D eigenvalue weighted by Crippen LogP contribution is -2.52. The van der Waals surface area contributed by atoms with E-state index in [1.807, 2.05) is 6.92 Å². The minimum Gasteiger partial charge on any atom is -0.382 e. The molecule has 0 fully saturated rings. The molecule has 1 atom stereocenters. The van der Waals surface area contributed by atoms with E-state index in [2.05, 4.69) is 19.2 Å². The van der Waals surface area contributed by atoms with Crippen LogP contribution in [0.1, 0.15) is 43.1 Å². The fourth-order valence-electron chi connectivity index (χ4n) is 2.58. The van der Waals surface area contributed by atoms with Gasteiger partial charge in [0.15, 0.2) is 0 Å². The highest BCUT2D eigenvalue weighted by Gasteiger charge is 2.26. The molecule has 7 heteroatoms. The maximum Gasteiger partial charge on any atom is 0.251 e. The predicted molar refractivity (Wildman–Crippen MR) is 99.6 cm³/mol. The zero-order valence-corrected chi connectivity index (χ0v) is 16.2. The summed E-state index contributed by atoms with van der Waals surface area (Å²) in [7, 11) is 1.57. The Balaban J connectivity index is 0.00000576. The molecule has 0 aliphatic rings. The van der Waals surface area contributed by atoms with Crippen LogP contribution < -0.4 is 11.1 Å². The number of hydrogen-bond donors (Lipinski definition) is 2. The van der Waals surface area contributed by atoms with Gasteiger partial charge in [-0.1, -0.05) is 13.8 Å². The van der Waals surface area contributed by atoms with Crippen LogP contribution in [0.3, 0.4) is 0 Å². The van der Waals surface area contributed by atoms with Gasteiger partial charge in [-0.25, -0.2) is 4.39 Å². The maximum atomic E-state index is 13.9. The summed E-state index contributed by atoms with van der Waals surface area (Å²) >= 11 is 0. The fourth-order valence-corrected chi connectivity index (χ4v) is 2.58. The van der Waals surface area contributed by atoms with E-state index >= 15 is 0 Å². The van der Waals surface area contributed by atoms with E-state index in [0.717, 1.165) is 6.42 Å². The molecule has 1 aromatic carbocycles. The zero-order chi connectivity index (χ0) is 18.2. The second-order valence-corrected chi connectivity index (χ2v) is 6.67. The van der Waals surface area contributed by atoms with E-state index in [9.17, 15) is 9.18 Å². The third-order valence-corrected chi connectivity index (χ3v) is 3.72. The Labute approximate surface area is 155 Å². The summed E-state index contributed by atoms with van der Waals surface area (Å²) in [4.78, 5) is 12.5. The Bertz CT molecular complexity index is 543. The third-order valence-electron chi connectivity index (χ3n) is 3.72. The molecule has 0 saturated heterocycles. The number of nitrogens with one attached hydrogen (secondary N) is 1. The van der Waals surface area contributed by atoms with Gasteiger partial charge in [-0.15, -0.1) is 12.4 Å². The van der Waals surface area contributed by atoms with Crippen LogP contribution in [0.2, 0.25) is 0 Å². The number of hydrogen-bond acceptors (Lipinski definition) is 4. The molecular formula is C18H30ClFN2O3. The van der Waals surface area contributed by atoms with Gasteiger partial charge in [0.25, 0.3) is 5.91 Å². The van der Waals surface area contributed by atoms with Crippen LogP contribution in [0.15, 0.2) is 18.2 Å². The minimum absolute atomic E-state index is 0. The molecule has 3 N–H and O–H groups in total. The van der Waals surface area contributed by atoms with E-state index in [0.29, 0.717) is 36.8 Å². The molecule has 0 saturated carbocycles. The summed E-state index contributed by atoms with van der Waals surface area (Å²) in [5.74, 6) is -0.258. The number of ether oxygens (including phenoxy) is 2. The third kappa shape index (κ3) is 8.14. The molecule has 144 valence electrons. The first-order chi connectivity index (χ1) is 11.3. The normalized spacial score (nSPS) is 13.2. The molecule has 1 unspecified atom stereocenters. The van der Waals surface area contributed by atoms with Crippen molar-refractivity contribution in [2.24, 2.45) is 11.7 Å². The van der Waals surface area contributed by atoms with Gasteiger partial charge in [0, 0.05) is 30.3 Å². The van der Waals surface area contributed by atoms with Crippen LogP contribution >= 0.6 is 12.4 Å². The van der Waals surface area contributed by atoms with Crippen LogP contribution in [0, 0.1) is 11.7 Å². The molecule has 1 aromatic rings. The Hall–Kier alpha value is -1.21. The van der Waals surface area contributed by atoms with Crippen molar-refractivity contribution in [3.05, 3.63) is 35.1 Å². The Morgan fingerprint density at radius 3 is 2.60 bits per heavy atom. The Kier molecular flexibility index (Phi) is 10.9. The molecule has 0 spiro atoms. The molecule has 0 bridgehead atoms. The number of rotatable bonds is 10. The summed E-state index contributed by atoms with van der Waals surface area (Å²) in [6.45, 7) is 7.31. The first-order valence-electron chi connectivity index (χ1n) is 8.19. The number of carbonyl (C=O) groups excluding carboxylic acids is 1. The minimum atomic E-state index is -0.491. The highest BCUT2D eigenvalue weighted by atomic mass is 35.5. The van der Waals surface area contributed by atoms with Gasteiger partial charge in [-0.05, 0) is 37.5 Å². The summed E-state index contributed by atoms with van der Waals surface area (Å²) in [5.41, 5.74) is 6.07. The van der Waals surface area contributed by atoms with Crippen molar-refractivity contribution in [1.29, 1.82) is 0 Å². The number of carbonyl (C=O) groups is 1. The van der Waals surface area contributed by atoms with Crippen molar-refractivity contribution in [3.63, 3.8) is 0 Å². The standard InChI is InChI=1S/C18H29FN2O3.ClH/c1-13(2)10-18(3,12-20)21-17(22)14-5-6-16(19)15(9-14)11-24-8-7-23-4;/h5-6,9,13H,7-8,10-12,20H2,1-4H3,(H,21,22);1H. The number of nitrogens with two attached hydrogens (primary N) is 1. The van der Waals surface area contributed by atoms with Crippen LogP contribution in [-0.4, -0.2) is 38.3 Å². The zero-order valence-electron chi connectivity index (χ0n) is 15.4. The number of amides is 1. The average Bonchev–Trinajstić information content (AvgIpc) is 2.52. The monoisotopic (exact) mass is 376 g/mol. The highest BCUT2D eigenvalue weighted by Crippen LogP contribution is 2.17. The van der Waals surface area contributed by atoms with Gasteiger partial charge in [0.2, 0.25) is 0 Å². The topological polar surface area (TPSA) is 73.6 Å². The molecule has 0 aliphatic heterocycles. The van der Waals surface area contributed by atoms with Crippen molar-refractivity contribution in [2.45, 2.75) is 39.3 Å². The highest BCUT2D eigenvalue weighted by molar-refractivity contribution is 5.94. The molecule has 0 aromatic heterocycles. The Morgan fingerprint density at radius 1 is 1.36 bits per heavy atom. The molecular weight excluding hydrogens is 347 g/mol. The van der Waals surface area contributed by atoms with Gasteiger partial charge >= 0.3 is 0 Å². The average molecular weight is 377 g/mol. The maximum absolute atomic E-state index is 13.9. The molecule has 1 rings (SSSR count). The molecule has 25 heavy (non-hydrogen) atoms. The lowest BCUT2D eigenvalue weighted by molar-refractivity contribution is 0.0603. The predicted octanol–water partition coefficient (Wildman–Crippen LogP) is 2.90. The molecule has 5 nitrogen and oxygen atoms in total. The fraction of sp³-hybridized carbons (Fsp3) is 0.611. The van der Waals surface area contributed by atoms with Crippen LogP contribution in [0.4, 0.5) is 4.39 Å². The summed E-state index contributed by atoms with van der Waals surface area (Å²) in [6.07, 6.45) is 0.767. The van der Waals surface area contributed by atoms with Gasteiger partial charge in [-0.3, -0.25) is 4.79 Å². The number of methoxy groups -OCH3 is 1. The summed E-state index contributed by atoms with van der Waals surface area (Å²) in [6, 6.07) is 4.27. The van der Waals surface area contributed by atoms with E-state index in [1.165, 1.54) is 18.2 Å². The van der Waals surface area contributed by atoms with Gasteiger partial charge in [0.1, 0.15) is 5.82 Å². The Morgan fingerprint density at radius 2 is 2.04 bits per heavy atom. The van der Waals surface area contributed by atoms with Crippen LogP contribution in [-0.2, 0) is 16.1 Å². The summed E-state index contributed by atoms with van der Waals surface area (Å²) in [5, 5.41) is 2.97. The van der Waals surface area contributed by atoms with Gasteiger partial charge in [0.05, 0.1) is 19.8 Å². The lowest BCUT2D eigenvalue weighted by atomic mass is 9.90.